The molecule has 7 N–H and O–H groups in total. The SMILES string of the molecule is C.C.C.C.C.C.C.C.COCOc1c(C=O)cc(OC)nc1C.COCOc1ccc(I)nc1C.COCOc1ccc(OC)nc1C.COc1cc(C=Nc2ccc(F)c(Cl)c2)c(O)c(C)n1.COc1cc(C=O)c(O)c(C)n1.COc1cc2c(Nc3ccc(F)c(Cl)c3)c(N)oc2c(C)n1.Cc1nc(I)ccc1O.Cc1ncccc1O. The van der Waals surface area contributed by atoms with Crippen LogP contribution in [0.4, 0.5) is 31.7 Å². The number of pyridine rings is 8. The number of methoxy groups -OCH3 is 8. The first-order valence-corrected chi connectivity index (χ1v) is 35.2. The van der Waals surface area contributed by atoms with Crippen LogP contribution < -0.4 is 48.9 Å². The number of nitrogens with two attached hydrogens (primary N) is 1. The van der Waals surface area contributed by atoms with E-state index < -0.39 is 11.6 Å². The Bertz CT molecular complexity index is 4870. The number of aliphatic imine (C=N–C) groups is 1. The molecule has 0 saturated carbocycles. The average Bonchev–Trinajstić information content (AvgIpc) is 1.63. The van der Waals surface area contributed by atoms with Crippen LogP contribution in [0.2, 0.25) is 10.0 Å². The Labute approximate surface area is 735 Å². The van der Waals surface area contributed by atoms with E-state index in [4.69, 9.17) is 95.7 Å². The number of ether oxygens (including phenoxy) is 11. The molecule has 2 aromatic carbocycles. The summed E-state index contributed by atoms with van der Waals surface area (Å²) in [5.41, 5.74) is 14.3. The molecule has 0 aliphatic heterocycles. The third-order valence-electron chi connectivity index (χ3n) is 14.1. The van der Waals surface area contributed by atoms with Gasteiger partial charge in [-0.1, -0.05) is 82.6 Å². The van der Waals surface area contributed by atoms with Gasteiger partial charge in [0.05, 0.1) is 113 Å². The third kappa shape index (κ3) is 38.2. The Morgan fingerprint density at radius 1 is 0.471 bits per heavy atom. The minimum atomic E-state index is -0.505. The van der Waals surface area contributed by atoms with E-state index in [0.29, 0.717) is 121 Å². The number of halogens is 6. The Kier molecular flexibility index (Phi) is 59.5. The largest absolute Gasteiger partial charge is 0.506 e. The highest BCUT2D eigenvalue weighted by Gasteiger charge is 2.18. The number of carbonyl (C=O) groups is 2. The first-order chi connectivity index (χ1) is 52.9. The lowest BCUT2D eigenvalue weighted by Gasteiger charge is -2.10. The number of anilines is 3. The Balaban J connectivity index is -0.000000420. The summed E-state index contributed by atoms with van der Waals surface area (Å²) >= 11 is 15.7. The van der Waals surface area contributed by atoms with Crippen molar-refractivity contribution in [2.75, 3.05) is 88.3 Å². The second-order valence-electron chi connectivity index (χ2n) is 22.0. The molecule has 119 heavy (non-hydrogen) atoms. The van der Waals surface area contributed by atoms with Crippen LogP contribution in [0.1, 0.15) is 131 Å². The van der Waals surface area contributed by atoms with Crippen LogP contribution in [0.25, 0.3) is 11.0 Å². The maximum Gasteiger partial charge on any atom is 0.215 e. The summed E-state index contributed by atoms with van der Waals surface area (Å²) in [6.07, 6.45) is 4.35. The molecule has 11 aromatic rings. The van der Waals surface area contributed by atoms with Gasteiger partial charge in [0.2, 0.25) is 35.3 Å². The molecule has 0 spiro atoms. The van der Waals surface area contributed by atoms with Crippen molar-refractivity contribution in [1.82, 2.24) is 39.9 Å². The Morgan fingerprint density at radius 3 is 1.35 bits per heavy atom. The Morgan fingerprint density at radius 2 is 0.899 bits per heavy atom. The fourth-order valence-electron chi connectivity index (χ4n) is 8.48. The number of nitrogens with one attached hydrogen (secondary N) is 1. The molecule has 9 heterocycles. The van der Waals surface area contributed by atoms with Crippen molar-refractivity contribution in [1.29, 1.82) is 0 Å². The van der Waals surface area contributed by atoms with Gasteiger partial charge in [-0.3, -0.25) is 19.6 Å². The van der Waals surface area contributed by atoms with E-state index in [1.165, 1.54) is 84.2 Å². The van der Waals surface area contributed by atoms with Crippen molar-refractivity contribution in [2.45, 2.75) is 115 Å². The highest BCUT2D eigenvalue weighted by molar-refractivity contribution is 14.1. The number of furan rings is 1. The molecule has 0 amide bonds. The van der Waals surface area contributed by atoms with Crippen LogP contribution in [0.5, 0.6) is 69.6 Å². The van der Waals surface area contributed by atoms with Gasteiger partial charge in [0, 0.05) is 75.3 Å². The van der Waals surface area contributed by atoms with Crippen molar-refractivity contribution < 1.29 is 95.3 Å². The molecule has 29 nitrogen and oxygen atoms in total. The van der Waals surface area contributed by atoms with Gasteiger partial charge in [0.25, 0.3) is 0 Å². The van der Waals surface area contributed by atoms with E-state index in [0.717, 1.165) is 29.9 Å². The standard InChI is InChI=1S/C15H13ClFN3O2.C14H12ClFN2O2.C10H13NO4.C9H13NO3.C8H10INO2.C8H9NO3.C6H6INO.C6H7NO.8CH4/c1-7-14-9(6-12(19-7)21-2)13(15(18)22-14)20-8-3-4-11(17)10(16)5-8;1-8-14(19)9(5-13(18-8)20-2)7-17-10-3-4-12(16)11(15)6-10;1-7-10(15-6-13-2)8(5-12)4-9(11-7)14-3;1-7-8(13-6-11-2)4-5-9(10-7)12-3;1-6-7(12-5-11-2)3-4-8(9)10-6;1-5-8(11)6(4-10)3-7(9-5)12-2;1-4-5(9)2-3-6(7)8-4;1-5-6(8)3-2-4-7-5;;;;;;;;/h3-6,20H,18H2,1-2H3;3-7,19H,1-2H3;4-5H,6H2,1-3H3;4-5H,6H2,1-3H3;3-4H,5H2,1-2H3;3-4,11H,1-2H3;2-3,9H,1H3;2-4,8H,1H3;8*1H4. The van der Waals surface area contributed by atoms with Crippen molar-refractivity contribution in [3.63, 3.8) is 0 Å². The van der Waals surface area contributed by atoms with Gasteiger partial charge in [-0.15, -0.1) is 0 Å². The van der Waals surface area contributed by atoms with Gasteiger partial charge >= 0.3 is 0 Å². The predicted octanol–water partition coefficient (Wildman–Crippen LogP) is 21.3. The summed E-state index contributed by atoms with van der Waals surface area (Å²) in [6, 6.07) is 28.7. The van der Waals surface area contributed by atoms with Gasteiger partial charge < -0.3 is 88.0 Å². The fraction of sp³-hybridized carbons (Fsp3) is 0.321. The number of aldehydes is 2. The fourth-order valence-corrected chi connectivity index (χ4v) is 9.92. The minimum absolute atomic E-state index is 0. The van der Waals surface area contributed by atoms with Crippen LogP contribution in [0.15, 0.2) is 125 Å². The molecule has 35 heteroatoms. The number of hydrogen-bond donors (Lipinski definition) is 6. The number of rotatable bonds is 20. The first-order valence-electron chi connectivity index (χ1n) is 32.3. The zero-order valence-corrected chi connectivity index (χ0v) is 69.0. The number of nitrogen functional groups attached to an aromatic ring is 1. The van der Waals surface area contributed by atoms with E-state index in [2.05, 4.69) is 95.4 Å². The average molecular weight is 1930 g/mol. The summed E-state index contributed by atoms with van der Waals surface area (Å²) in [5.74, 6) is 3.69. The van der Waals surface area contributed by atoms with Crippen molar-refractivity contribution >= 4 is 121 Å². The maximum atomic E-state index is 13.2. The molecular formula is C84H115Cl2F2I2N11O18. The third-order valence-corrected chi connectivity index (χ3v) is 15.9. The van der Waals surface area contributed by atoms with Crippen LogP contribution >= 0.6 is 68.4 Å². The summed E-state index contributed by atoms with van der Waals surface area (Å²) in [7, 11) is 12.2. The monoisotopic (exact) mass is 1930 g/mol. The molecule has 0 radical (unpaired) electrons. The lowest BCUT2D eigenvalue weighted by molar-refractivity contribution is 0.0495. The quantitative estimate of drug-likeness (QED) is 0.0136. The number of carbonyl (C=O) groups excluding carboxylic acids is 2. The smallest absolute Gasteiger partial charge is 0.215 e. The second-order valence-corrected chi connectivity index (χ2v) is 25.0. The summed E-state index contributed by atoms with van der Waals surface area (Å²) in [6.45, 7) is 14.7. The van der Waals surface area contributed by atoms with E-state index in [1.54, 1.807) is 124 Å². The van der Waals surface area contributed by atoms with Crippen molar-refractivity contribution in [3.05, 3.63) is 207 Å². The van der Waals surface area contributed by atoms with Crippen LogP contribution in [-0.4, -0.2) is 156 Å². The summed E-state index contributed by atoms with van der Waals surface area (Å²) in [5, 5.41) is 40.8. The normalized spacial score (nSPS) is 9.46. The maximum absolute atomic E-state index is 13.2. The highest BCUT2D eigenvalue weighted by Crippen LogP contribution is 2.39. The zero-order chi connectivity index (χ0) is 82.4. The predicted molar refractivity (Wildman–Crippen MR) is 486 cm³/mol. The molecule has 11 rings (SSSR count). The number of benzene rings is 2. The molecular weight excluding hydrogens is 1810 g/mol. The van der Waals surface area contributed by atoms with Crippen molar-refractivity contribution in [3.8, 4) is 69.6 Å². The van der Waals surface area contributed by atoms with Gasteiger partial charge in [0.15, 0.2) is 44.3 Å². The van der Waals surface area contributed by atoms with Gasteiger partial charge in [-0.2, -0.15) is 0 Å². The van der Waals surface area contributed by atoms with Gasteiger partial charge in [-0.25, -0.2) is 43.7 Å². The van der Waals surface area contributed by atoms with Gasteiger partial charge in [0.1, 0.15) is 59.2 Å². The second kappa shape index (κ2) is 60.6. The molecule has 0 saturated heterocycles. The molecule has 0 atom stereocenters. The van der Waals surface area contributed by atoms with Crippen LogP contribution in [0.3, 0.4) is 0 Å². The molecule has 0 aliphatic carbocycles. The number of fused-ring (bicyclic) bond motifs is 1. The summed E-state index contributed by atoms with van der Waals surface area (Å²) in [4.78, 5) is 57.8. The van der Waals surface area contributed by atoms with E-state index >= 15 is 0 Å². The van der Waals surface area contributed by atoms with E-state index in [-0.39, 0.29) is 124 Å². The lowest BCUT2D eigenvalue weighted by Crippen LogP contribution is -2.05. The zero-order valence-electron chi connectivity index (χ0n) is 63.2. The number of aromatic hydroxyl groups is 4. The van der Waals surface area contributed by atoms with Gasteiger partial charge in [-0.05, 0) is 179 Å². The number of aryl methyl sites for hydroxylation is 8. The summed E-state index contributed by atoms with van der Waals surface area (Å²) < 4.78 is 88.6. The minimum Gasteiger partial charge on any atom is -0.506 e. The number of nitrogens with zero attached hydrogens (tertiary/aromatic N) is 9. The van der Waals surface area contributed by atoms with E-state index in [1.807, 2.05) is 26.0 Å². The number of aromatic nitrogens is 8. The van der Waals surface area contributed by atoms with Crippen molar-refractivity contribution in [2.24, 2.45) is 4.99 Å². The Hall–Kier alpha value is -10.8. The molecule has 0 bridgehead atoms. The highest BCUT2D eigenvalue weighted by atomic mass is 127. The molecule has 0 unspecified atom stereocenters. The van der Waals surface area contributed by atoms with Crippen LogP contribution in [0, 0.1) is 74.4 Å². The molecule has 9 aromatic heterocycles. The molecule has 0 aliphatic rings. The molecule has 656 valence electrons. The number of hydrogen-bond acceptors (Lipinski definition) is 29. The van der Waals surface area contributed by atoms with E-state index in [9.17, 15) is 28.6 Å². The molecule has 0 fully saturated rings. The van der Waals surface area contributed by atoms with Crippen LogP contribution in [-0.2, 0) is 14.2 Å². The first kappa shape index (κ1) is 117. The lowest BCUT2D eigenvalue weighted by atomic mass is 10.2. The topological polar surface area (TPSA) is 383 Å².